The number of hydrogen-bond acceptors (Lipinski definition) is 3. The summed E-state index contributed by atoms with van der Waals surface area (Å²) in [7, 11) is 0. The Morgan fingerprint density at radius 3 is 2.72 bits per heavy atom. The summed E-state index contributed by atoms with van der Waals surface area (Å²) in [6, 6.07) is 15.0. The maximum absolute atomic E-state index is 12.8. The topological polar surface area (TPSA) is 47.4 Å². The smallest absolute Gasteiger partial charge is 0.223 e. The highest BCUT2D eigenvalue weighted by molar-refractivity contribution is 5.81. The largest absolute Gasteiger partial charge is 0.493 e. The minimum Gasteiger partial charge on any atom is -0.493 e. The van der Waals surface area contributed by atoms with Crippen molar-refractivity contribution in [3.8, 4) is 5.75 Å². The number of likely N-dealkylation sites (tertiary alicyclic amines) is 1. The molecule has 0 N–H and O–H groups in total. The number of fused-ring (bicyclic) bond motifs is 1. The first-order chi connectivity index (χ1) is 15.6. The van der Waals surface area contributed by atoms with Crippen molar-refractivity contribution in [2.45, 2.75) is 70.9 Å². The summed E-state index contributed by atoms with van der Waals surface area (Å²) in [6.45, 7) is 6.54. The van der Waals surface area contributed by atoms with Gasteiger partial charge in [0, 0.05) is 31.5 Å². The number of nitrogens with zero attached hydrogens (tertiary/aromatic N) is 3. The number of aryl methyl sites for hydroxylation is 2. The standard InChI is InChI=1S/C27H33N3O2/c1-19-9-7-14-25(20(19)2)32-16-8-15-29-24-13-6-5-12-23(24)28-27(29)21-17-26(31)30(18-21)22-10-3-4-11-22/h5-7,9,12-14,21-22H,3-4,8,10-11,15-18H2,1-2H3. The Labute approximate surface area is 190 Å². The number of amides is 1. The number of benzene rings is 2. The number of rotatable bonds is 7. The molecule has 0 bridgehead atoms. The lowest BCUT2D eigenvalue weighted by molar-refractivity contribution is -0.129. The van der Waals surface area contributed by atoms with Gasteiger partial charge in [-0.2, -0.15) is 0 Å². The average Bonchev–Trinajstić information content (AvgIpc) is 3.52. The second-order valence-electron chi connectivity index (χ2n) is 9.40. The fourth-order valence-electron chi connectivity index (χ4n) is 5.40. The maximum atomic E-state index is 12.8. The molecule has 5 rings (SSSR count). The zero-order valence-corrected chi connectivity index (χ0v) is 19.2. The van der Waals surface area contributed by atoms with Gasteiger partial charge in [-0.1, -0.05) is 37.1 Å². The lowest BCUT2D eigenvalue weighted by atomic mass is 10.1. The molecule has 5 nitrogen and oxygen atoms in total. The Bertz CT molecular complexity index is 1110. The van der Waals surface area contributed by atoms with Crippen molar-refractivity contribution in [2.24, 2.45) is 0 Å². The van der Waals surface area contributed by atoms with Crippen LogP contribution in [0.1, 0.15) is 61.4 Å². The molecule has 1 saturated heterocycles. The Hall–Kier alpha value is -2.82. The van der Waals surface area contributed by atoms with Gasteiger partial charge in [0.1, 0.15) is 11.6 Å². The first kappa shape index (κ1) is 21.0. The van der Waals surface area contributed by atoms with Crippen LogP contribution in [0, 0.1) is 13.8 Å². The summed E-state index contributed by atoms with van der Waals surface area (Å²) >= 11 is 0. The Kier molecular flexibility index (Phi) is 5.90. The van der Waals surface area contributed by atoms with E-state index in [1.807, 2.05) is 18.2 Å². The van der Waals surface area contributed by atoms with Crippen LogP contribution in [0.5, 0.6) is 5.75 Å². The molecule has 1 unspecified atom stereocenters. The van der Waals surface area contributed by atoms with Crippen LogP contribution >= 0.6 is 0 Å². The minimum atomic E-state index is 0.176. The van der Waals surface area contributed by atoms with Gasteiger partial charge in [0.25, 0.3) is 0 Å². The molecule has 2 fully saturated rings. The van der Waals surface area contributed by atoms with E-state index < -0.39 is 0 Å². The molecular formula is C27H33N3O2. The molecule has 1 amide bonds. The highest BCUT2D eigenvalue weighted by atomic mass is 16.5. The van der Waals surface area contributed by atoms with Crippen LogP contribution in [0.3, 0.4) is 0 Å². The molecule has 32 heavy (non-hydrogen) atoms. The number of imidazole rings is 1. The van der Waals surface area contributed by atoms with Crippen LogP contribution < -0.4 is 4.74 Å². The van der Waals surface area contributed by atoms with Gasteiger partial charge in [-0.15, -0.1) is 0 Å². The first-order valence-corrected chi connectivity index (χ1v) is 12.1. The second kappa shape index (κ2) is 8.97. The predicted molar refractivity (Wildman–Crippen MR) is 127 cm³/mol. The van der Waals surface area contributed by atoms with E-state index in [0.29, 0.717) is 25.0 Å². The summed E-state index contributed by atoms with van der Waals surface area (Å²) in [5.74, 6) is 2.51. The Morgan fingerprint density at radius 1 is 1.06 bits per heavy atom. The molecule has 1 aliphatic heterocycles. The maximum Gasteiger partial charge on any atom is 0.223 e. The van der Waals surface area contributed by atoms with Crippen LogP contribution in [-0.4, -0.2) is 39.6 Å². The van der Waals surface area contributed by atoms with E-state index in [2.05, 4.69) is 47.6 Å². The van der Waals surface area contributed by atoms with Crippen LogP contribution in [0.2, 0.25) is 0 Å². The third-order valence-electron chi connectivity index (χ3n) is 7.31. The number of para-hydroxylation sites is 2. The van der Waals surface area contributed by atoms with Crippen molar-refractivity contribution in [2.75, 3.05) is 13.2 Å². The van der Waals surface area contributed by atoms with Crippen LogP contribution in [-0.2, 0) is 11.3 Å². The SMILES string of the molecule is Cc1cccc(OCCCn2c(C3CC(=O)N(C4CCCC4)C3)nc3ccccc32)c1C. The quantitative estimate of drug-likeness (QED) is 0.472. The molecule has 168 valence electrons. The van der Waals surface area contributed by atoms with Crippen molar-refractivity contribution in [1.29, 1.82) is 0 Å². The molecule has 3 aromatic rings. The van der Waals surface area contributed by atoms with E-state index in [4.69, 9.17) is 9.72 Å². The van der Waals surface area contributed by atoms with E-state index in [-0.39, 0.29) is 5.92 Å². The normalized spacial score (nSPS) is 19.4. The molecule has 2 heterocycles. The molecule has 2 aromatic carbocycles. The Morgan fingerprint density at radius 2 is 1.88 bits per heavy atom. The van der Waals surface area contributed by atoms with Gasteiger partial charge < -0.3 is 14.2 Å². The number of aromatic nitrogens is 2. The highest BCUT2D eigenvalue weighted by Crippen LogP contribution is 2.35. The number of carbonyl (C=O) groups is 1. The van der Waals surface area contributed by atoms with Crippen molar-refractivity contribution >= 4 is 16.9 Å². The van der Waals surface area contributed by atoms with E-state index in [1.54, 1.807) is 0 Å². The summed E-state index contributed by atoms with van der Waals surface area (Å²) in [4.78, 5) is 20.0. The predicted octanol–water partition coefficient (Wildman–Crippen LogP) is 5.38. The van der Waals surface area contributed by atoms with E-state index in [9.17, 15) is 4.79 Å². The Balaban J connectivity index is 1.32. The van der Waals surface area contributed by atoms with E-state index >= 15 is 0 Å². The number of carbonyl (C=O) groups excluding carboxylic acids is 1. The molecular weight excluding hydrogens is 398 g/mol. The zero-order valence-electron chi connectivity index (χ0n) is 19.2. The molecule has 1 aliphatic carbocycles. The van der Waals surface area contributed by atoms with E-state index in [1.165, 1.54) is 24.0 Å². The van der Waals surface area contributed by atoms with Crippen LogP contribution in [0.4, 0.5) is 0 Å². The molecule has 1 saturated carbocycles. The molecule has 1 aromatic heterocycles. The summed E-state index contributed by atoms with van der Waals surface area (Å²) < 4.78 is 8.43. The molecule has 1 atom stereocenters. The monoisotopic (exact) mass is 431 g/mol. The van der Waals surface area contributed by atoms with Gasteiger partial charge >= 0.3 is 0 Å². The second-order valence-corrected chi connectivity index (χ2v) is 9.40. The summed E-state index contributed by atoms with van der Waals surface area (Å²) in [6.07, 6.45) is 6.29. The van der Waals surface area contributed by atoms with E-state index in [0.717, 1.165) is 55.0 Å². The number of hydrogen-bond donors (Lipinski definition) is 0. The summed E-state index contributed by atoms with van der Waals surface area (Å²) in [5.41, 5.74) is 4.63. The molecule has 2 aliphatic rings. The van der Waals surface area contributed by atoms with Crippen molar-refractivity contribution in [1.82, 2.24) is 14.5 Å². The fraction of sp³-hybridized carbons (Fsp3) is 0.481. The minimum absolute atomic E-state index is 0.176. The third-order valence-corrected chi connectivity index (χ3v) is 7.31. The van der Waals surface area contributed by atoms with Crippen molar-refractivity contribution in [3.05, 3.63) is 59.4 Å². The van der Waals surface area contributed by atoms with Gasteiger partial charge in [-0.25, -0.2) is 4.98 Å². The van der Waals surface area contributed by atoms with Gasteiger partial charge in [0.15, 0.2) is 0 Å². The van der Waals surface area contributed by atoms with Crippen molar-refractivity contribution in [3.63, 3.8) is 0 Å². The summed E-state index contributed by atoms with van der Waals surface area (Å²) in [5, 5.41) is 0. The van der Waals surface area contributed by atoms with Gasteiger partial charge in [0.05, 0.1) is 17.6 Å². The third kappa shape index (κ3) is 4.01. The average molecular weight is 432 g/mol. The van der Waals surface area contributed by atoms with Crippen LogP contribution in [0.25, 0.3) is 11.0 Å². The molecule has 0 spiro atoms. The fourth-order valence-corrected chi connectivity index (χ4v) is 5.40. The zero-order chi connectivity index (χ0) is 22.1. The molecule has 5 heteroatoms. The van der Waals surface area contributed by atoms with Crippen molar-refractivity contribution < 1.29 is 9.53 Å². The first-order valence-electron chi connectivity index (χ1n) is 12.1. The number of ether oxygens (including phenoxy) is 1. The highest BCUT2D eigenvalue weighted by Gasteiger charge is 2.38. The van der Waals surface area contributed by atoms with Crippen LogP contribution in [0.15, 0.2) is 42.5 Å². The van der Waals surface area contributed by atoms with Gasteiger partial charge in [0.2, 0.25) is 5.91 Å². The lowest BCUT2D eigenvalue weighted by Crippen LogP contribution is -2.34. The van der Waals surface area contributed by atoms with Gasteiger partial charge in [-0.05, 0) is 62.4 Å². The lowest BCUT2D eigenvalue weighted by Gasteiger charge is -2.24. The molecule has 0 radical (unpaired) electrons. The van der Waals surface area contributed by atoms with Gasteiger partial charge in [-0.3, -0.25) is 4.79 Å².